The summed E-state index contributed by atoms with van der Waals surface area (Å²) in [6.45, 7) is 3.95. The molecular weight excluding hydrogens is 357 g/mol. The molecule has 1 aromatic rings. The number of allylic oxidation sites excluding steroid dienone is 1. The van der Waals surface area contributed by atoms with E-state index in [2.05, 4.69) is 11.9 Å². The van der Waals surface area contributed by atoms with Crippen LogP contribution in [0.1, 0.15) is 65.9 Å². The van der Waals surface area contributed by atoms with Gasteiger partial charge in [0, 0.05) is 30.6 Å². The third kappa shape index (κ3) is 3.24. The number of amides is 2. The van der Waals surface area contributed by atoms with Gasteiger partial charge in [0.2, 0.25) is 11.8 Å². The Morgan fingerprint density at radius 1 is 1.15 bits per heavy atom. The van der Waals surface area contributed by atoms with Crippen LogP contribution < -0.4 is 5.32 Å². The highest BCUT2D eigenvalue weighted by Crippen LogP contribution is 2.44. The summed E-state index contributed by atoms with van der Waals surface area (Å²) < 4.78 is 41.2. The first-order chi connectivity index (χ1) is 12.7. The normalized spacial score (nSPS) is 25.5. The Balaban J connectivity index is 1.63. The first-order valence-corrected chi connectivity index (χ1v) is 9.25. The fourth-order valence-corrected chi connectivity index (χ4v) is 4.45. The summed E-state index contributed by atoms with van der Waals surface area (Å²) >= 11 is 0. The molecule has 3 aliphatic rings. The van der Waals surface area contributed by atoms with E-state index in [1.807, 2.05) is 0 Å². The maximum absolute atomic E-state index is 14.2. The number of hydrogen-bond donors (Lipinski definition) is 1. The molecule has 2 aliphatic heterocycles. The Hall–Kier alpha value is -2.31. The number of piperidine rings is 1. The minimum Gasteiger partial charge on any atom is -0.329 e. The van der Waals surface area contributed by atoms with Crippen molar-refractivity contribution < 1.29 is 22.8 Å². The lowest BCUT2D eigenvalue weighted by atomic mass is 9.80. The standard InChI is InChI=1S/C20H21F3N2O2/c1-11-2-3-17(18(26)24-11)25-10-16-14(8-13(21)9-15(16)19(25)27)12-4-6-20(22,23)7-5-12/h8-9,12,17H,1-7,10H2,(H,24,26). The summed E-state index contributed by atoms with van der Waals surface area (Å²) in [4.78, 5) is 26.6. The zero-order valence-corrected chi connectivity index (χ0v) is 14.9. The summed E-state index contributed by atoms with van der Waals surface area (Å²) in [6.07, 6.45) is 1.12. The van der Waals surface area contributed by atoms with Crippen molar-refractivity contribution in [1.29, 1.82) is 0 Å². The number of rotatable bonds is 2. The highest BCUT2D eigenvalue weighted by atomic mass is 19.3. The van der Waals surface area contributed by atoms with E-state index in [-0.39, 0.29) is 55.5 Å². The molecule has 1 saturated heterocycles. The monoisotopic (exact) mass is 378 g/mol. The van der Waals surface area contributed by atoms with Crippen molar-refractivity contribution in [3.63, 3.8) is 0 Å². The van der Waals surface area contributed by atoms with Crippen LogP contribution in [0.3, 0.4) is 0 Å². The number of nitrogens with zero attached hydrogens (tertiary/aromatic N) is 1. The smallest absolute Gasteiger partial charge is 0.255 e. The number of nitrogens with one attached hydrogen (secondary N) is 1. The molecule has 4 rings (SSSR count). The molecule has 2 heterocycles. The number of hydrogen-bond acceptors (Lipinski definition) is 2. The van der Waals surface area contributed by atoms with E-state index >= 15 is 0 Å². The molecule has 1 atom stereocenters. The Morgan fingerprint density at radius 3 is 2.52 bits per heavy atom. The first-order valence-electron chi connectivity index (χ1n) is 9.25. The molecule has 1 saturated carbocycles. The van der Waals surface area contributed by atoms with E-state index in [0.717, 1.165) is 0 Å². The van der Waals surface area contributed by atoms with Crippen LogP contribution in [-0.2, 0) is 11.3 Å². The zero-order chi connectivity index (χ0) is 19.3. The van der Waals surface area contributed by atoms with Gasteiger partial charge in [-0.3, -0.25) is 9.59 Å². The molecule has 1 aromatic carbocycles. The van der Waals surface area contributed by atoms with E-state index < -0.39 is 17.8 Å². The summed E-state index contributed by atoms with van der Waals surface area (Å²) in [6, 6.07) is 1.94. The number of benzene rings is 1. The van der Waals surface area contributed by atoms with Crippen LogP contribution in [0.4, 0.5) is 13.2 Å². The Kier molecular flexibility index (Phi) is 4.28. The van der Waals surface area contributed by atoms with Crippen molar-refractivity contribution in [3.8, 4) is 0 Å². The van der Waals surface area contributed by atoms with Crippen molar-refractivity contribution in [3.05, 3.63) is 46.9 Å². The van der Waals surface area contributed by atoms with E-state index in [4.69, 9.17) is 0 Å². The first kappa shape index (κ1) is 18.1. The largest absolute Gasteiger partial charge is 0.329 e. The predicted molar refractivity (Wildman–Crippen MR) is 92.7 cm³/mol. The highest BCUT2D eigenvalue weighted by molar-refractivity contribution is 6.01. The summed E-state index contributed by atoms with van der Waals surface area (Å²) in [7, 11) is 0. The van der Waals surface area contributed by atoms with Gasteiger partial charge in [-0.05, 0) is 54.9 Å². The van der Waals surface area contributed by atoms with Crippen LogP contribution >= 0.6 is 0 Å². The summed E-state index contributed by atoms with van der Waals surface area (Å²) in [5.74, 6) is -4.07. The molecule has 0 aromatic heterocycles. The predicted octanol–water partition coefficient (Wildman–Crippen LogP) is 3.87. The summed E-state index contributed by atoms with van der Waals surface area (Å²) in [5, 5.41) is 2.67. The van der Waals surface area contributed by atoms with Gasteiger partial charge in [-0.15, -0.1) is 0 Å². The van der Waals surface area contributed by atoms with Gasteiger partial charge < -0.3 is 10.2 Å². The fraction of sp³-hybridized carbons (Fsp3) is 0.500. The molecule has 2 fully saturated rings. The van der Waals surface area contributed by atoms with Gasteiger partial charge in [0.1, 0.15) is 11.9 Å². The molecule has 1 N–H and O–H groups in total. The SMILES string of the molecule is C=C1CCC(N2Cc3c(cc(F)cc3C3CCC(F)(F)CC3)C2=O)C(=O)N1. The van der Waals surface area contributed by atoms with Gasteiger partial charge >= 0.3 is 0 Å². The lowest BCUT2D eigenvalue weighted by Crippen LogP contribution is -2.49. The molecule has 2 amide bonds. The lowest BCUT2D eigenvalue weighted by Gasteiger charge is -2.31. The van der Waals surface area contributed by atoms with Crippen molar-refractivity contribution >= 4 is 11.8 Å². The number of alkyl halides is 2. The van der Waals surface area contributed by atoms with Crippen LogP contribution in [-0.4, -0.2) is 28.7 Å². The second-order valence-electron chi connectivity index (χ2n) is 7.73. The maximum Gasteiger partial charge on any atom is 0.255 e. The third-order valence-corrected chi connectivity index (χ3v) is 5.92. The van der Waals surface area contributed by atoms with Crippen molar-refractivity contribution in [2.45, 2.75) is 63.0 Å². The average molecular weight is 378 g/mol. The minimum absolute atomic E-state index is 0.193. The number of carbonyl (C=O) groups excluding carboxylic acids is 2. The van der Waals surface area contributed by atoms with E-state index in [1.165, 1.54) is 17.0 Å². The molecule has 0 spiro atoms. The van der Waals surface area contributed by atoms with Crippen LogP contribution in [0.2, 0.25) is 0 Å². The Bertz CT molecular complexity index is 827. The Labute approximate surface area is 155 Å². The van der Waals surface area contributed by atoms with Crippen LogP contribution in [0, 0.1) is 5.82 Å². The maximum atomic E-state index is 14.2. The van der Waals surface area contributed by atoms with Crippen molar-refractivity contribution in [2.75, 3.05) is 0 Å². The topological polar surface area (TPSA) is 49.4 Å². The average Bonchev–Trinajstić information content (AvgIpc) is 2.91. The molecule has 4 nitrogen and oxygen atoms in total. The zero-order valence-electron chi connectivity index (χ0n) is 14.9. The van der Waals surface area contributed by atoms with E-state index in [1.54, 1.807) is 0 Å². The lowest BCUT2D eigenvalue weighted by molar-refractivity contribution is -0.126. The second kappa shape index (κ2) is 6.39. The molecule has 27 heavy (non-hydrogen) atoms. The minimum atomic E-state index is -2.67. The molecule has 0 bridgehead atoms. The van der Waals surface area contributed by atoms with E-state index in [0.29, 0.717) is 29.7 Å². The van der Waals surface area contributed by atoms with Gasteiger partial charge in [0.15, 0.2) is 0 Å². The van der Waals surface area contributed by atoms with Crippen LogP contribution in [0.25, 0.3) is 0 Å². The van der Waals surface area contributed by atoms with Crippen LogP contribution in [0.5, 0.6) is 0 Å². The van der Waals surface area contributed by atoms with E-state index in [9.17, 15) is 22.8 Å². The molecule has 1 unspecified atom stereocenters. The molecule has 0 radical (unpaired) electrons. The van der Waals surface area contributed by atoms with Gasteiger partial charge in [-0.1, -0.05) is 6.58 Å². The fourth-order valence-electron chi connectivity index (χ4n) is 4.45. The van der Waals surface area contributed by atoms with Gasteiger partial charge in [-0.2, -0.15) is 0 Å². The number of carbonyl (C=O) groups is 2. The number of fused-ring (bicyclic) bond motifs is 1. The van der Waals surface area contributed by atoms with Gasteiger partial charge in [-0.25, -0.2) is 13.2 Å². The molecular formula is C20H21F3N2O2. The van der Waals surface area contributed by atoms with Gasteiger partial charge in [0.25, 0.3) is 5.91 Å². The molecule has 7 heteroatoms. The quantitative estimate of drug-likeness (QED) is 0.849. The highest BCUT2D eigenvalue weighted by Gasteiger charge is 2.41. The summed E-state index contributed by atoms with van der Waals surface area (Å²) in [5.41, 5.74) is 2.18. The van der Waals surface area contributed by atoms with Crippen molar-refractivity contribution in [1.82, 2.24) is 10.2 Å². The van der Waals surface area contributed by atoms with Gasteiger partial charge in [0.05, 0.1) is 0 Å². The molecule has 144 valence electrons. The number of halogens is 3. The third-order valence-electron chi connectivity index (χ3n) is 5.92. The van der Waals surface area contributed by atoms with Crippen molar-refractivity contribution in [2.24, 2.45) is 0 Å². The Morgan fingerprint density at radius 2 is 1.85 bits per heavy atom. The van der Waals surface area contributed by atoms with Crippen LogP contribution in [0.15, 0.2) is 24.4 Å². The molecule has 1 aliphatic carbocycles. The second-order valence-corrected chi connectivity index (χ2v) is 7.73.